The van der Waals surface area contributed by atoms with E-state index in [4.69, 9.17) is 23.2 Å². The summed E-state index contributed by atoms with van der Waals surface area (Å²) in [4.78, 5) is 28.1. The van der Waals surface area contributed by atoms with Gasteiger partial charge in [-0.1, -0.05) is 23.2 Å². The Morgan fingerprint density at radius 3 is 2.34 bits per heavy atom. The smallest absolute Gasteiger partial charge is 0.346 e. The minimum Gasteiger partial charge on any atom is -0.346 e. The van der Waals surface area contributed by atoms with Crippen molar-refractivity contribution < 1.29 is 31.5 Å². The zero-order valence-corrected chi connectivity index (χ0v) is 16.0. The maximum atomic E-state index is 12.7. The number of aromatic nitrogens is 1. The van der Waals surface area contributed by atoms with E-state index in [9.17, 15) is 31.5 Å². The molecule has 1 aromatic heterocycles. The Hall–Kier alpha value is -2.46. The van der Waals surface area contributed by atoms with E-state index in [1.54, 1.807) is 0 Å². The lowest BCUT2D eigenvalue weighted by Crippen LogP contribution is -2.30. The van der Waals surface area contributed by atoms with E-state index in [1.807, 2.05) is 5.32 Å². The van der Waals surface area contributed by atoms with Crippen LogP contribution in [0.25, 0.3) is 0 Å². The lowest BCUT2D eigenvalue weighted by Gasteiger charge is -2.15. The van der Waals surface area contributed by atoms with E-state index in [1.165, 1.54) is 13.0 Å². The van der Waals surface area contributed by atoms with Gasteiger partial charge in [0, 0.05) is 11.2 Å². The Kier molecular flexibility index (Phi) is 7.02. The van der Waals surface area contributed by atoms with Crippen molar-refractivity contribution in [3.05, 3.63) is 56.8 Å². The van der Waals surface area contributed by atoms with Crippen LogP contribution in [0.15, 0.2) is 24.4 Å². The first kappa shape index (κ1) is 22.8. The lowest BCUT2D eigenvalue weighted by atomic mass is 10.1. The van der Waals surface area contributed by atoms with Gasteiger partial charge in [0.1, 0.15) is 5.69 Å². The zero-order valence-electron chi connectivity index (χ0n) is 14.5. The molecule has 29 heavy (non-hydrogen) atoms. The molecule has 0 saturated carbocycles. The van der Waals surface area contributed by atoms with Gasteiger partial charge in [0.05, 0.1) is 28.4 Å². The maximum absolute atomic E-state index is 12.7. The number of nitrogens with one attached hydrogen (secondary N) is 2. The average molecular weight is 456 g/mol. The molecule has 0 radical (unpaired) electrons. The highest BCUT2D eigenvalue weighted by molar-refractivity contribution is 6.34. The van der Waals surface area contributed by atoms with Gasteiger partial charge in [0.15, 0.2) is 0 Å². The summed E-state index contributed by atoms with van der Waals surface area (Å²) >= 11 is 11.6. The number of hydrogen-bond acceptors (Lipinski definition) is 3. The van der Waals surface area contributed by atoms with Gasteiger partial charge in [-0.2, -0.15) is 13.2 Å². The van der Waals surface area contributed by atoms with Crippen LogP contribution in [-0.4, -0.2) is 29.8 Å². The minimum absolute atomic E-state index is 0.0797. The molecule has 0 saturated heterocycles. The summed E-state index contributed by atoms with van der Waals surface area (Å²) in [6.45, 7) is 0.553. The molecule has 0 spiro atoms. The second-order valence-corrected chi connectivity index (χ2v) is 6.60. The van der Waals surface area contributed by atoms with E-state index < -0.39 is 47.2 Å². The molecule has 2 N–H and O–H groups in total. The van der Waals surface area contributed by atoms with Gasteiger partial charge in [-0.15, -0.1) is 0 Å². The van der Waals surface area contributed by atoms with E-state index >= 15 is 0 Å². The van der Waals surface area contributed by atoms with Crippen molar-refractivity contribution in [2.45, 2.75) is 19.5 Å². The quantitative estimate of drug-likeness (QED) is 0.625. The molecule has 0 aliphatic carbocycles. The molecule has 1 heterocycles. The number of nitrogens with zero attached hydrogens (tertiary/aromatic N) is 1. The monoisotopic (exact) mass is 455 g/mol. The predicted octanol–water partition coefficient (Wildman–Crippen LogP) is 4.96. The van der Waals surface area contributed by atoms with E-state index in [0.29, 0.717) is 17.8 Å². The number of halogens is 7. The van der Waals surface area contributed by atoms with Crippen molar-refractivity contribution in [2.75, 3.05) is 11.9 Å². The van der Waals surface area contributed by atoms with Crippen molar-refractivity contribution in [3.8, 4) is 0 Å². The minimum atomic E-state index is -4.70. The highest BCUT2D eigenvalue weighted by atomic mass is 35.5. The van der Waals surface area contributed by atoms with Crippen molar-refractivity contribution >= 4 is 40.7 Å². The highest BCUT2D eigenvalue weighted by Gasteiger charge is 2.32. The Morgan fingerprint density at radius 2 is 1.79 bits per heavy atom. The molecule has 1 aromatic carbocycles. The molecule has 0 atom stereocenters. The van der Waals surface area contributed by atoms with Gasteiger partial charge in [0.2, 0.25) is 0 Å². The molecule has 2 aromatic rings. The fraction of sp³-hybridized carbons (Fsp3) is 0.235. The zero-order chi connectivity index (χ0) is 21.9. The third kappa shape index (κ3) is 5.77. The number of rotatable bonds is 5. The highest BCUT2D eigenvalue weighted by Crippen LogP contribution is 2.32. The second-order valence-electron chi connectivity index (χ2n) is 5.75. The van der Waals surface area contributed by atoms with Gasteiger partial charge in [-0.3, -0.25) is 9.59 Å². The molecule has 156 valence electrons. The third-order valence-corrected chi connectivity index (χ3v) is 4.09. The molecule has 0 fully saturated rings. The third-order valence-electron chi connectivity index (χ3n) is 3.58. The van der Waals surface area contributed by atoms with Crippen LogP contribution in [0.2, 0.25) is 10.0 Å². The Labute approximate surface area is 171 Å². The number of carbonyl (C=O) groups is 2. The average Bonchev–Trinajstić information content (AvgIpc) is 2.60. The standard InChI is InChI=1S/C17H12Cl2F5N3O2/c1-7-2-9(18)4-10(15(28)26-6-12(20)21)13(7)27-16(29)14-11(19)3-8(5-25-14)17(22,23)24/h2-5,12H,6H2,1H3,(H,26,28)(H,27,29). The molecule has 5 nitrogen and oxygen atoms in total. The van der Waals surface area contributed by atoms with Crippen LogP contribution in [0.1, 0.15) is 32.0 Å². The van der Waals surface area contributed by atoms with Crippen molar-refractivity contribution in [1.82, 2.24) is 10.3 Å². The fourth-order valence-corrected chi connectivity index (χ4v) is 2.81. The summed E-state index contributed by atoms with van der Waals surface area (Å²) < 4.78 is 62.8. The molecular formula is C17H12Cl2F5N3O2. The number of hydrogen-bond donors (Lipinski definition) is 2. The van der Waals surface area contributed by atoms with Crippen LogP contribution in [0.5, 0.6) is 0 Å². The van der Waals surface area contributed by atoms with Crippen LogP contribution in [0.3, 0.4) is 0 Å². The van der Waals surface area contributed by atoms with Crippen LogP contribution >= 0.6 is 23.2 Å². The molecule has 2 amide bonds. The predicted molar refractivity (Wildman–Crippen MR) is 96.7 cm³/mol. The Morgan fingerprint density at radius 1 is 1.14 bits per heavy atom. The molecule has 0 bridgehead atoms. The number of alkyl halides is 5. The van der Waals surface area contributed by atoms with Gasteiger partial charge < -0.3 is 10.6 Å². The Bertz CT molecular complexity index is 951. The fourth-order valence-electron chi connectivity index (χ4n) is 2.29. The Balaban J connectivity index is 2.36. The van der Waals surface area contributed by atoms with Crippen LogP contribution < -0.4 is 10.6 Å². The first-order valence-corrected chi connectivity index (χ1v) is 8.56. The van der Waals surface area contributed by atoms with Crippen molar-refractivity contribution in [2.24, 2.45) is 0 Å². The van der Waals surface area contributed by atoms with Gasteiger partial charge in [-0.05, 0) is 30.7 Å². The van der Waals surface area contributed by atoms with E-state index in [0.717, 1.165) is 6.07 Å². The number of aryl methyl sites for hydroxylation is 1. The summed E-state index contributed by atoms with van der Waals surface area (Å²) in [5.74, 6) is -1.94. The summed E-state index contributed by atoms with van der Waals surface area (Å²) in [6.07, 6.45) is -7.06. The molecule has 0 aliphatic rings. The number of anilines is 1. The number of carbonyl (C=O) groups excluding carboxylic acids is 2. The molecule has 0 aliphatic heterocycles. The first-order valence-electron chi connectivity index (χ1n) is 7.80. The summed E-state index contributed by atoms with van der Waals surface area (Å²) in [6, 6.07) is 3.07. The van der Waals surface area contributed by atoms with Crippen LogP contribution in [0, 0.1) is 6.92 Å². The largest absolute Gasteiger partial charge is 0.417 e. The normalized spacial score (nSPS) is 11.5. The summed E-state index contributed by atoms with van der Waals surface area (Å²) in [5, 5.41) is 3.83. The summed E-state index contributed by atoms with van der Waals surface area (Å²) in [7, 11) is 0. The molecule has 2 rings (SSSR count). The topological polar surface area (TPSA) is 71.1 Å². The van der Waals surface area contributed by atoms with Gasteiger partial charge in [-0.25, -0.2) is 13.8 Å². The molecule has 12 heteroatoms. The van der Waals surface area contributed by atoms with Crippen molar-refractivity contribution in [1.29, 1.82) is 0 Å². The SMILES string of the molecule is Cc1cc(Cl)cc(C(=O)NCC(F)F)c1NC(=O)c1ncc(C(F)(F)F)cc1Cl. The second kappa shape index (κ2) is 8.91. The molecule has 0 unspecified atom stereocenters. The first-order chi connectivity index (χ1) is 13.4. The molecular weight excluding hydrogens is 444 g/mol. The van der Waals surface area contributed by atoms with Crippen molar-refractivity contribution in [3.63, 3.8) is 0 Å². The number of pyridine rings is 1. The van der Waals surface area contributed by atoms with Crippen LogP contribution in [-0.2, 0) is 6.18 Å². The lowest BCUT2D eigenvalue weighted by molar-refractivity contribution is -0.137. The maximum Gasteiger partial charge on any atom is 0.417 e. The van der Waals surface area contributed by atoms with Gasteiger partial charge >= 0.3 is 6.18 Å². The van der Waals surface area contributed by atoms with Gasteiger partial charge in [0.25, 0.3) is 18.2 Å². The number of benzene rings is 1. The number of amides is 2. The van der Waals surface area contributed by atoms with E-state index in [2.05, 4.69) is 10.3 Å². The van der Waals surface area contributed by atoms with Crippen LogP contribution in [0.4, 0.5) is 27.6 Å². The summed E-state index contributed by atoms with van der Waals surface area (Å²) in [5.41, 5.74) is -1.66. The van der Waals surface area contributed by atoms with E-state index in [-0.39, 0.29) is 16.3 Å².